The summed E-state index contributed by atoms with van der Waals surface area (Å²) in [4.78, 5) is 18.4. The van der Waals surface area contributed by atoms with Gasteiger partial charge in [0.05, 0.1) is 11.3 Å². The van der Waals surface area contributed by atoms with Gasteiger partial charge < -0.3 is 9.88 Å². The van der Waals surface area contributed by atoms with Crippen molar-refractivity contribution in [3.63, 3.8) is 0 Å². The van der Waals surface area contributed by atoms with Crippen molar-refractivity contribution in [3.8, 4) is 0 Å². The van der Waals surface area contributed by atoms with Crippen molar-refractivity contribution in [1.82, 2.24) is 14.5 Å². The molecule has 94 valence electrons. The fourth-order valence-electron chi connectivity index (χ4n) is 1.55. The number of nitrogens with zero attached hydrogens (tertiary/aromatic N) is 4. The molecular weight excluding hydrogens is 234 g/mol. The second-order valence-electron chi connectivity index (χ2n) is 3.86. The Morgan fingerprint density at radius 1 is 1.56 bits per heavy atom. The molecule has 18 heavy (non-hydrogen) atoms. The molecule has 0 atom stereocenters. The molecule has 0 aliphatic heterocycles. The number of pyridine rings is 1. The second kappa shape index (κ2) is 5.26. The van der Waals surface area contributed by atoms with E-state index >= 15 is 0 Å². The summed E-state index contributed by atoms with van der Waals surface area (Å²) >= 11 is 0. The molecule has 2 heterocycles. The summed E-state index contributed by atoms with van der Waals surface area (Å²) in [6.45, 7) is 3.00. The zero-order chi connectivity index (χ0) is 13.0. The van der Waals surface area contributed by atoms with E-state index < -0.39 is 4.92 Å². The van der Waals surface area contributed by atoms with Gasteiger partial charge in [0.1, 0.15) is 0 Å². The topological polar surface area (TPSA) is 85.9 Å². The Bertz CT molecular complexity index is 538. The summed E-state index contributed by atoms with van der Waals surface area (Å²) in [6.07, 6.45) is 6.82. The normalized spacial score (nSPS) is 10.3. The van der Waals surface area contributed by atoms with Crippen LogP contribution in [0.25, 0.3) is 0 Å². The highest BCUT2D eigenvalue weighted by atomic mass is 16.6. The maximum atomic E-state index is 10.9. The van der Waals surface area contributed by atoms with E-state index in [-0.39, 0.29) is 5.69 Å². The monoisotopic (exact) mass is 247 g/mol. The number of aromatic nitrogens is 3. The van der Waals surface area contributed by atoms with Crippen LogP contribution in [0.5, 0.6) is 0 Å². The molecule has 7 heteroatoms. The third kappa shape index (κ3) is 2.82. The first-order valence-electron chi connectivity index (χ1n) is 5.47. The SMILES string of the molecule is Cc1cnc(NCCn2ccnc2)c([N+](=O)[O-])c1. The van der Waals surface area contributed by atoms with Crippen LogP contribution >= 0.6 is 0 Å². The van der Waals surface area contributed by atoms with Crippen LogP contribution < -0.4 is 5.32 Å². The Balaban J connectivity index is 2.02. The molecule has 1 N–H and O–H groups in total. The van der Waals surface area contributed by atoms with Crippen molar-refractivity contribution < 1.29 is 4.92 Å². The van der Waals surface area contributed by atoms with Crippen LogP contribution in [0.15, 0.2) is 31.0 Å². The third-order valence-electron chi connectivity index (χ3n) is 2.42. The van der Waals surface area contributed by atoms with Gasteiger partial charge in [-0.2, -0.15) is 0 Å². The lowest BCUT2D eigenvalue weighted by molar-refractivity contribution is -0.384. The smallest absolute Gasteiger partial charge is 0.311 e. The zero-order valence-electron chi connectivity index (χ0n) is 9.91. The quantitative estimate of drug-likeness (QED) is 0.640. The highest BCUT2D eigenvalue weighted by Gasteiger charge is 2.14. The predicted molar refractivity (Wildman–Crippen MR) is 66.3 cm³/mol. The van der Waals surface area contributed by atoms with Crippen molar-refractivity contribution >= 4 is 11.5 Å². The Labute approximate surface area is 104 Å². The third-order valence-corrected chi connectivity index (χ3v) is 2.42. The Morgan fingerprint density at radius 3 is 3.06 bits per heavy atom. The maximum Gasteiger partial charge on any atom is 0.311 e. The van der Waals surface area contributed by atoms with Gasteiger partial charge in [0.25, 0.3) is 0 Å². The van der Waals surface area contributed by atoms with Crippen LogP contribution in [0.1, 0.15) is 5.56 Å². The van der Waals surface area contributed by atoms with Gasteiger partial charge in [0.15, 0.2) is 0 Å². The largest absolute Gasteiger partial charge is 0.363 e. The minimum atomic E-state index is -0.431. The molecule has 0 amide bonds. The standard InChI is InChI=1S/C11H13N5O2/c1-9-6-10(16(17)18)11(14-7-9)13-3-5-15-4-2-12-8-15/h2,4,6-8H,3,5H2,1H3,(H,13,14). The first-order valence-corrected chi connectivity index (χ1v) is 5.47. The van der Waals surface area contributed by atoms with E-state index in [1.807, 2.05) is 10.8 Å². The zero-order valence-corrected chi connectivity index (χ0v) is 9.91. The summed E-state index contributed by atoms with van der Waals surface area (Å²) in [5, 5.41) is 13.8. The van der Waals surface area contributed by atoms with E-state index in [9.17, 15) is 10.1 Å². The van der Waals surface area contributed by atoms with Gasteiger partial charge in [0.2, 0.25) is 5.82 Å². The van der Waals surface area contributed by atoms with Gasteiger partial charge in [-0.15, -0.1) is 0 Å². The van der Waals surface area contributed by atoms with Gasteiger partial charge >= 0.3 is 5.69 Å². The van der Waals surface area contributed by atoms with Crippen molar-refractivity contribution in [3.05, 3.63) is 46.7 Å². The highest BCUT2D eigenvalue weighted by molar-refractivity contribution is 5.56. The Morgan fingerprint density at radius 2 is 2.39 bits per heavy atom. The summed E-state index contributed by atoms with van der Waals surface area (Å²) in [6, 6.07) is 1.51. The van der Waals surface area contributed by atoms with Gasteiger partial charge in [-0.3, -0.25) is 10.1 Å². The Hall–Kier alpha value is -2.44. The van der Waals surface area contributed by atoms with Gasteiger partial charge in [-0.25, -0.2) is 9.97 Å². The number of hydrogen-bond acceptors (Lipinski definition) is 5. The summed E-state index contributed by atoms with van der Waals surface area (Å²) in [5.74, 6) is 0.297. The molecule has 0 unspecified atom stereocenters. The van der Waals surface area contributed by atoms with Crippen molar-refractivity contribution in [2.75, 3.05) is 11.9 Å². The second-order valence-corrected chi connectivity index (χ2v) is 3.86. The van der Waals surface area contributed by atoms with Crippen LogP contribution in [0.2, 0.25) is 0 Å². The van der Waals surface area contributed by atoms with E-state index in [1.54, 1.807) is 25.6 Å². The minimum Gasteiger partial charge on any atom is -0.363 e. The fourth-order valence-corrected chi connectivity index (χ4v) is 1.55. The lowest BCUT2D eigenvalue weighted by Gasteiger charge is -2.07. The van der Waals surface area contributed by atoms with Crippen molar-refractivity contribution in [1.29, 1.82) is 0 Å². The van der Waals surface area contributed by atoms with Crippen LogP contribution in [-0.4, -0.2) is 26.0 Å². The molecule has 7 nitrogen and oxygen atoms in total. The number of hydrogen-bond donors (Lipinski definition) is 1. The van der Waals surface area contributed by atoms with E-state index in [1.165, 1.54) is 6.07 Å². The maximum absolute atomic E-state index is 10.9. The molecule has 0 bridgehead atoms. The molecule has 0 aromatic carbocycles. The molecule has 0 saturated heterocycles. The van der Waals surface area contributed by atoms with E-state index in [0.29, 0.717) is 18.9 Å². The van der Waals surface area contributed by atoms with Crippen LogP contribution in [0, 0.1) is 17.0 Å². The number of aryl methyl sites for hydroxylation is 1. The number of nitro groups is 1. The molecule has 2 aromatic rings. The average Bonchev–Trinajstić information content (AvgIpc) is 2.84. The molecule has 0 aliphatic carbocycles. The van der Waals surface area contributed by atoms with Crippen LogP contribution in [0.3, 0.4) is 0 Å². The van der Waals surface area contributed by atoms with Gasteiger partial charge in [-0.05, 0) is 12.5 Å². The molecular formula is C11H13N5O2. The number of anilines is 1. The Kier molecular flexibility index (Phi) is 3.52. The first-order chi connectivity index (χ1) is 8.66. The lowest BCUT2D eigenvalue weighted by Crippen LogP contribution is -2.11. The van der Waals surface area contributed by atoms with Crippen molar-refractivity contribution in [2.24, 2.45) is 0 Å². The first kappa shape index (κ1) is 12.0. The van der Waals surface area contributed by atoms with Crippen LogP contribution in [0.4, 0.5) is 11.5 Å². The summed E-state index contributed by atoms with van der Waals surface area (Å²) in [7, 11) is 0. The molecule has 0 spiro atoms. The van der Waals surface area contributed by atoms with E-state index in [4.69, 9.17) is 0 Å². The number of imidazole rings is 1. The van der Waals surface area contributed by atoms with Gasteiger partial charge in [-0.1, -0.05) is 0 Å². The van der Waals surface area contributed by atoms with E-state index in [2.05, 4.69) is 15.3 Å². The number of nitrogens with one attached hydrogen (secondary N) is 1. The molecule has 2 aromatic heterocycles. The number of rotatable bonds is 5. The van der Waals surface area contributed by atoms with Crippen molar-refractivity contribution in [2.45, 2.75) is 13.5 Å². The predicted octanol–water partition coefficient (Wildman–Crippen LogP) is 1.61. The molecule has 0 fully saturated rings. The van der Waals surface area contributed by atoms with Crippen LogP contribution in [-0.2, 0) is 6.54 Å². The fraction of sp³-hybridized carbons (Fsp3) is 0.273. The molecule has 0 aliphatic rings. The minimum absolute atomic E-state index is 0.000584. The molecule has 0 saturated carbocycles. The molecule has 0 radical (unpaired) electrons. The summed E-state index contributed by atoms with van der Waals surface area (Å²) < 4.78 is 1.88. The van der Waals surface area contributed by atoms with Gasteiger partial charge in [0, 0.05) is 37.7 Å². The van der Waals surface area contributed by atoms with E-state index in [0.717, 1.165) is 5.56 Å². The highest BCUT2D eigenvalue weighted by Crippen LogP contribution is 2.21. The summed E-state index contributed by atoms with van der Waals surface area (Å²) in [5.41, 5.74) is 0.766. The average molecular weight is 247 g/mol. The molecule has 2 rings (SSSR count). The lowest BCUT2D eigenvalue weighted by atomic mass is 10.3.